The van der Waals surface area contributed by atoms with E-state index in [1.54, 1.807) is 0 Å². The third-order valence-electron chi connectivity index (χ3n) is 2.67. The van der Waals surface area contributed by atoms with Crippen LogP contribution in [0.4, 0.5) is 0 Å². The second-order valence-electron chi connectivity index (χ2n) is 4.73. The van der Waals surface area contributed by atoms with Gasteiger partial charge >= 0.3 is 0 Å². The molecular weight excluding hydrogens is 150 g/mol. The Hall–Kier alpha value is -0.120. The summed E-state index contributed by atoms with van der Waals surface area (Å²) in [4.78, 5) is 0. The standard InChI is InChI=1S/C9H21N3/c1-8(10)3-4-9(2,11)7-12-6-5-8/h12H,3-7,10-11H2,1-2H3. The van der Waals surface area contributed by atoms with Gasteiger partial charge in [-0.2, -0.15) is 0 Å². The smallest absolute Gasteiger partial charge is 0.0252 e. The normalized spacial score (nSPS) is 45.0. The summed E-state index contributed by atoms with van der Waals surface area (Å²) in [5.74, 6) is 0. The summed E-state index contributed by atoms with van der Waals surface area (Å²) in [7, 11) is 0. The van der Waals surface area contributed by atoms with Crippen LogP contribution in [-0.4, -0.2) is 24.2 Å². The van der Waals surface area contributed by atoms with Gasteiger partial charge in [-0.3, -0.25) is 0 Å². The highest BCUT2D eigenvalue weighted by Gasteiger charge is 2.27. The Labute approximate surface area is 74.9 Å². The van der Waals surface area contributed by atoms with Gasteiger partial charge in [0.15, 0.2) is 0 Å². The van der Waals surface area contributed by atoms with Gasteiger partial charge in [0.25, 0.3) is 0 Å². The molecule has 1 aliphatic heterocycles. The average molecular weight is 171 g/mol. The van der Waals surface area contributed by atoms with E-state index in [0.717, 1.165) is 32.4 Å². The van der Waals surface area contributed by atoms with Gasteiger partial charge in [0.05, 0.1) is 0 Å². The zero-order valence-electron chi connectivity index (χ0n) is 8.19. The summed E-state index contributed by atoms with van der Waals surface area (Å²) >= 11 is 0. The molecule has 72 valence electrons. The molecule has 3 heteroatoms. The fraction of sp³-hybridized carbons (Fsp3) is 1.00. The van der Waals surface area contributed by atoms with Crippen LogP contribution in [0.1, 0.15) is 33.1 Å². The molecule has 12 heavy (non-hydrogen) atoms. The summed E-state index contributed by atoms with van der Waals surface area (Å²) in [6.07, 6.45) is 3.08. The molecule has 1 aliphatic rings. The molecule has 0 aromatic rings. The predicted molar refractivity (Wildman–Crippen MR) is 51.9 cm³/mol. The van der Waals surface area contributed by atoms with Gasteiger partial charge in [-0.1, -0.05) is 0 Å². The lowest BCUT2D eigenvalue weighted by Gasteiger charge is -2.34. The van der Waals surface area contributed by atoms with E-state index in [-0.39, 0.29) is 11.1 Å². The Kier molecular flexibility index (Phi) is 2.76. The van der Waals surface area contributed by atoms with Crippen molar-refractivity contribution in [3.8, 4) is 0 Å². The summed E-state index contributed by atoms with van der Waals surface area (Å²) in [6.45, 7) is 6.08. The van der Waals surface area contributed by atoms with Gasteiger partial charge < -0.3 is 16.8 Å². The lowest BCUT2D eigenvalue weighted by Crippen LogP contribution is -2.52. The molecule has 0 aromatic heterocycles. The molecule has 0 radical (unpaired) electrons. The number of hydrogen-bond donors (Lipinski definition) is 3. The average Bonchev–Trinajstić information content (AvgIpc) is 1.94. The third-order valence-corrected chi connectivity index (χ3v) is 2.67. The van der Waals surface area contributed by atoms with Gasteiger partial charge in [0.2, 0.25) is 0 Å². The molecule has 3 nitrogen and oxygen atoms in total. The van der Waals surface area contributed by atoms with Crippen LogP contribution in [0.15, 0.2) is 0 Å². The van der Waals surface area contributed by atoms with Gasteiger partial charge in [-0.15, -0.1) is 0 Å². The Balaban J connectivity index is 2.51. The second-order valence-corrected chi connectivity index (χ2v) is 4.73. The molecule has 1 saturated heterocycles. The largest absolute Gasteiger partial charge is 0.325 e. The molecule has 5 N–H and O–H groups in total. The zero-order valence-corrected chi connectivity index (χ0v) is 8.19. The summed E-state index contributed by atoms with van der Waals surface area (Å²) in [6, 6.07) is 0. The quantitative estimate of drug-likeness (QED) is 0.487. The van der Waals surface area contributed by atoms with Crippen LogP contribution in [-0.2, 0) is 0 Å². The molecule has 2 atom stereocenters. The number of nitrogens with one attached hydrogen (secondary N) is 1. The lowest BCUT2D eigenvalue weighted by molar-refractivity contribution is 0.283. The molecular formula is C9H21N3. The highest BCUT2D eigenvalue weighted by Crippen LogP contribution is 2.20. The molecule has 1 heterocycles. The van der Waals surface area contributed by atoms with Crippen molar-refractivity contribution in [2.45, 2.75) is 44.2 Å². The van der Waals surface area contributed by atoms with E-state index in [2.05, 4.69) is 19.2 Å². The minimum absolute atomic E-state index is 0.0337. The first-order chi connectivity index (χ1) is 5.41. The van der Waals surface area contributed by atoms with E-state index in [1.165, 1.54) is 0 Å². The van der Waals surface area contributed by atoms with E-state index in [4.69, 9.17) is 11.5 Å². The maximum absolute atomic E-state index is 6.07. The van der Waals surface area contributed by atoms with Crippen molar-refractivity contribution >= 4 is 0 Å². The Morgan fingerprint density at radius 1 is 1.00 bits per heavy atom. The first kappa shape index (κ1) is 9.96. The summed E-state index contributed by atoms with van der Waals surface area (Å²) in [5.41, 5.74) is 12.0. The van der Waals surface area contributed by atoms with E-state index in [1.807, 2.05) is 0 Å². The second kappa shape index (κ2) is 3.32. The molecule has 0 bridgehead atoms. The van der Waals surface area contributed by atoms with E-state index < -0.39 is 0 Å². The molecule has 1 fully saturated rings. The van der Waals surface area contributed by atoms with Gasteiger partial charge in [0.1, 0.15) is 0 Å². The number of nitrogens with two attached hydrogens (primary N) is 2. The fourth-order valence-corrected chi connectivity index (χ4v) is 1.53. The van der Waals surface area contributed by atoms with E-state index in [0.29, 0.717) is 0 Å². The molecule has 0 saturated carbocycles. The van der Waals surface area contributed by atoms with Crippen LogP contribution in [0.2, 0.25) is 0 Å². The molecule has 0 amide bonds. The first-order valence-electron chi connectivity index (χ1n) is 4.70. The van der Waals surface area contributed by atoms with Gasteiger partial charge in [0, 0.05) is 17.6 Å². The number of hydrogen-bond acceptors (Lipinski definition) is 3. The minimum atomic E-state index is -0.0823. The van der Waals surface area contributed by atoms with Crippen LogP contribution in [0.25, 0.3) is 0 Å². The zero-order chi connectivity index (χ0) is 9.24. The monoisotopic (exact) mass is 171 g/mol. The van der Waals surface area contributed by atoms with Crippen molar-refractivity contribution in [2.24, 2.45) is 11.5 Å². The highest BCUT2D eigenvalue weighted by atomic mass is 14.9. The van der Waals surface area contributed by atoms with Crippen LogP contribution in [0, 0.1) is 0 Å². The highest BCUT2D eigenvalue weighted by molar-refractivity contribution is 4.90. The minimum Gasteiger partial charge on any atom is -0.325 e. The Morgan fingerprint density at radius 3 is 2.25 bits per heavy atom. The Morgan fingerprint density at radius 2 is 1.58 bits per heavy atom. The first-order valence-corrected chi connectivity index (χ1v) is 4.70. The maximum Gasteiger partial charge on any atom is 0.0252 e. The van der Waals surface area contributed by atoms with Crippen LogP contribution < -0.4 is 16.8 Å². The topological polar surface area (TPSA) is 64.1 Å². The maximum atomic E-state index is 6.07. The van der Waals surface area contributed by atoms with Crippen LogP contribution in [0.5, 0.6) is 0 Å². The van der Waals surface area contributed by atoms with Crippen LogP contribution in [0.3, 0.4) is 0 Å². The number of rotatable bonds is 0. The predicted octanol–water partition coefficient (Wildman–Crippen LogP) is 0.195. The van der Waals surface area contributed by atoms with E-state index >= 15 is 0 Å². The molecule has 1 rings (SSSR count). The fourth-order valence-electron chi connectivity index (χ4n) is 1.53. The van der Waals surface area contributed by atoms with Crippen LogP contribution >= 0.6 is 0 Å². The molecule has 0 aromatic carbocycles. The summed E-state index contributed by atoms with van der Waals surface area (Å²) < 4.78 is 0. The van der Waals surface area contributed by atoms with Crippen molar-refractivity contribution in [1.29, 1.82) is 0 Å². The Bertz CT molecular complexity index is 134. The van der Waals surface area contributed by atoms with Crippen molar-refractivity contribution < 1.29 is 0 Å². The molecule has 2 unspecified atom stereocenters. The van der Waals surface area contributed by atoms with Gasteiger partial charge in [-0.05, 0) is 39.7 Å². The molecule has 0 aliphatic carbocycles. The molecule has 0 spiro atoms. The summed E-state index contributed by atoms with van der Waals surface area (Å²) in [5, 5.41) is 3.33. The SMILES string of the molecule is CC1(N)CCNCC(C)(N)CC1. The lowest BCUT2D eigenvalue weighted by atomic mass is 9.84. The van der Waals surface area contributed by atoms with Crippen molar-refractivity contribution in [3.63, 3.8) is 0 Å². The van der Waals surface area contributed by atoms with Crippen molar-refractivity contribution in [1.82, 2.24) is 5.32 Å². The van der Waals surface area contributed by atoms with Crippen molar-refractivity contribution in [2.75, 3.05) is 13.1 Å². The van der Waals surface area contributed by atoms with E-state index in [9.17, 15) is 0 Å². The van der Waals surface area contributed by atoms with Crippen molar-refractivity contribution in [3.05, 3.63) is 0 Å². The third kappa shape index (κ3) is 3.09. The van der Waals surface area contributed by atoms with Gasteiger partial charge in [-0.25, -0.2) is 0 Å².